The van der Waals surface area contributed by atoms with Gasteiger partial charge in [0.25, 0.3) is 22.2 Å². The van der Waals surface area contributed by atoms with E-state index in [1.54, 1.807) is 42.5 Å². The van der Waals surface area contributed by atoms with Gasteiger partial charge in [-0.2, -0.15) is 18.9 Å². The number of ketones is 1. The minimum absolute atomic E-state index is 0.0103. The van der Waals surface area contributed by atoms with Crippen molar-refractivity contribution >= 4 is 11.7 Å². The van der Waals surface area contributed by atoms with E-state index in [0.717, 1.165) is 0 Å². The molecule has 0 aliphatic carbocycles. The van der Waals surface area contributed by atoms with Gasteiger partial charge in [0.15, 0.2) is 0 Å². The van der Waals surface area contributed by atoms with Crippen LogP contribution in [0.5, 0.6) is 0 Å². The highest BCUT2D eigenvalue weighted by Crippen LogP contribution is 2.25. The quantitative estimate of drug-likeness (QED) is 0.0487. The molecule has 5 N–H and O–H groups in total. The number of nitrogens with one attached hydrogen (secondary N) is 1. The van der Waals surface area contributed by atoms with Crippen molar-refractivity contribution in [1.29, 1.82) is 0 Å². The van der Waals surface area contributed by atoms with Gasteiger partial charge in [0, 0.05) is 116 Å². The van der Waals surface area contributed by atoms with Gasteiger partial charge >= 0.3 is 0 Å². The van der Waals surface area contributed by atoms with Crippen LogP contribution in [0.3, 0.4) is 0 Å². The zero-order valence-corrected chi connectivity index (χ0v) is 37.9. The Morgan fingerprint density at radius 1 is 0.522 bits per heavy atom. The number of aromatic nitrogens is 4. The first kappa shape index (κ1) is 51.8. The van der Waals surface area contributed by atoms with Gasteiger partial charge < -0.3 is 40.4 Å². The molecule has 0 aromatic carbocycles. The van der Waals surface area contributed by atoms with E-state index in [0.29, 0.717) is 128 Å². The van der Waals surface area contributed by atoms with Crippen molar-refractivity contribution in [1.82, 2.24) is 43.8 Å². The minimum Gasteiger partial charge on any atom is -0.425 e. The molecule has 22 heteroatoms. The molecule has 0 spiro atoms. The first-order valence-electron chi connectivity index (χ1n) is 22.3. The maximum atomic E-state index is 13.3. The van der Waals surface area contributed by atoms with E-state index in [2.05, 4.69) is 5.32 Å². The van der Waals surface area contributed by atoms with Gasteiger partial charge in [-0.05, 0) is 37.6 Å². The number of carbonyl (C=O) groups is 2. The van der Waals surface area contributed by atoms with Crippen molar-refractivity contribution in [2.75, 3.05) is 98.5 Å². The van der Waals surface area contributed by atoms with Crippen molar-refractivity contribution in [2.45, 2.75) is 51.9 Å². The normalized spacial score (nSPS) is 15.4. The highest BCUT2D eigenvalue weighted by Gasteiger charge is 2.28. The van der Waals surface area contributed by atoms with Gasteiger partial charge in [-0.3, -0.25) is 48.4 Å². The Labute approximate surface area is 386 Å². The summed E-state index contributed by atoms with van der Waals surface area (Å²) in [6, 6.07) is 17.0. The molecule has 1 unspecified atom stereocenters. The number of hydrogen-bond acceptors (Lipinski definition) is 17. The average molecular weight is 938 g/mol. The molecule has 0 saturated carbocycles. The molecule has 4 aromatic heterocycles. The van der Waals surface area contributed by atoms with Crippen LogP contribution in [0.1, 0.15) is 55.0 Å². The molecule has 67 heavy (non-hydrogen) atoms. The zero-order chi connectivity index (χ0) is 48.1. The number of rotatable bonds is 23. The zero-order valence-electron chi connectivity index (χ0n) is 37.9. The van der Waals surface area contributed by atoms with Gasteiger partial charge in [-0.1, -0.05) is 24.3 Å². The van der Waals surface area contributed by atoms with Crippen molar-refractivity contribution in [3.05, 3.63) is 137 Å². The van der Waals surface area contributed by atoms with E-state index in [1.165, 1.54) is 37.3 Å². The Morgan fingerprint density at radius 3 is 1.36 bits per heavy atom. The number of pyridine rings is 4. The molecule has 0 bridgehead atoms. The first-order valence-corrected chi connectivity index (χ1v) is 22.3. The predicted octanol–water partition coefficient (Wildman–Crippen LogP) is 0.0712. The van der Waals surface area contributed by atoms with Gasteiger partial charge in [0.1, 0.15) is 5.78 Å². The number of carbonyl (C=O) groups excluding carboxylic acids is 2. The molecule has 0 radical (unpaired) electrons. The summed E-state index contributed by atoms with van der Waals surface area (Å²) in [5, 5.41) is 46.0. The molecular formula is C45H63N9O13. The monoisotopic (exact) mass is 937 g/mol. The standard InChI is InChI=1S/C45H63N9O13/c1-35(55)16-26-65-28-30-67-31-29-66-27-17-46-41(56)15-14-39(40-9-5-13-45(60)54(40)64)50-24-22-48(33-37-7-3-11-43(58)52(37)62)20-18-47(32-36-6-2-10-42(57)51(36)61)19-21-49(23-25-50)34-38-8-4-12-44(59)53(38)63/h2-13,39,61-64H,14-34H2,1H3,(H,46,56). The van der Waals surface area contributed by atoms with E-state index in [1.807, 2.05) is 19.6 Å². The summed E-state index contributed by atoms with van der Waals surface area (Å²) in [4.78, 5) is 82.6. The summed E-state index contributed by atoms with van der Waals surface area (Å²) < 4.78 is 18.8. The van der Waals surface area contributed by atoms with E-state index in [-0.39, 0.29) is 63.0 Å². The van der Waals surface area contributed by atoms with Crippen LogP contribution < -0.4 is 27.6 Å². The molecule has 1 saturated heterocycles. The number of Topliss-reactive ketones (excluding diaryl/α,β-unsaturated/α-hetero) is 1. The van der Waals surface area contributed by atoms with Crippen LogP contribution in [-0.4, -0.2) is 170 Å². The molecular weight excluding hydrogens is 875 g/mol. The van der Waals surface area contributed by atoms with E-state index < -0.39 is 28.3 Å². The summed E-state index contributed by atoms with van der Waals surface area (Å²) in [6.07, 6.45) is 0.545. The van der Waals surface area contributed by atoms with Crippen LogP contribution in [0, 0.1) is 0 Å². The third-order valence-electron chi connectivity index (χ3n) is 11.4. The van der Waals surface area contributed by atoms with Crippen LogP contribution in [0.2, 0.25) is 0 Å². The van der Waals surface area contributed by atoms with Crippen LogP contribution in [0.25, 0.3) is 0 Å². The Balaban J connectivity index is 1.35. The smallest absolute Gasteiger partial charge is 0.283 e. The van der Waals surface area contributed by atoms with E-state index >= 15 is 0 Å². The van der Waals surface area contributed by atoms with Crippen LogP contribution in [-0.2, 0) is 43.4 Å². The summed E-state index contributed by atoms with van der Waals surface area (Å²) in [5.41, 5.74) is -1.18. The summed E-state index contributed by atoms with van der Waals surface area (Å²) in [6.45, 7) is 6.94. The van der Waals surface area contributed by atoms with Crippen molar-refractivity contribution < 1.29 is 44.6 Å². The fraction of sp³-hybridized carbons (Fsp3) is 0.511. The molecule has 1 amide bonds. The number of amides is 1. The van der Waals surface area contributed by atoms with Crippen LogP contribution in [0.4, 0.5) is 0 Å². The van der Waals surface area contributed by atoms with E-state index in [9.17, 15) is 49.6 Å². The van der Waals surface area contributed by atoms with Crippen LogP contribution >= 0.6 is 0 Å². The molecule has 1 atom stereocenters. The third-order valence-corrected chi connectivity index (χ3v) is 11.4. The Morgan fingerprint density at radius 2 is 0.910 bits per heavy atom. The minimum atomic E-state index is -0.688. The summed E-state index contributed by atoms with van der Waals surface area (Å²) in [5.74, 6) is -0.223. The van der Waals surface area contributed by atoms with Gasteiger partial charge in [-0.15, -0.1) is 0 Å². The molecule has 366 valence electrons. The second-order valence-electron chi connectivity index (χ2n) is 16.2. The highest BCUT2D eigenvalue weighted by atomic mass is 16.5. The molecule has 1 fully saturated rings. The summed E-state index contributed by atoms with van der Waals surface area (Å²) >= 11 is 0. The number of ether oxygens (including phenoxy) is 3. The van der Waals surface area contributed by atoms with Crippen molar-refractivity contribution in [3.8, 4) is 0 Å². The van der Waals surface area contributed by atoms with Gasteiger partial charge in [0.2, 0.25) is 5.91 Å². The van der Waals surface area contributed by atoms with Gasteiger partial charge in [0.05, 0.1) is 68.5 Å². The SMILES string of the molecule is CC(=O)CCOCCOCCOCCNC(=O)CCC(c1cccc(=O)n1O)N1CCN(Cc2cccc(=O)n2O)CCN(Cc2cccc(=O)n2O)CCN(Cc2cccc(=O)n2O)CC1. The Kier molecular flexibility index (Phi) is 20.8. The molecule has 5 heterocycles. The lowest BCUT2D eigenvalue weighted by atomic mass is 10.0. The number of hydrogen-bond donors (Lipinski definition) is 5. The van der Waals surface area contributed by atoms with Crippen molar-refractivity contribution in [3.63, 3.8) is 0 Å². The molecule has 1 aliphatic heterocycles. The lowest BCUT2D eigenvalue weighted by Gasteiger charge is -2.37. The molecule has 1 aliphatic rings. The summed E-state index contributed by atoms with van der Waals surface area (Å²) in [7, 11) is 0. The van der Waals surface area contributed by atoms with Gasteiger partial charge in [-0.25, -0.2) is 0 Å². The van der Waals surface area contributed by atoms with E-state index in [4.69, 9.17) is 14.2 Å². The molecule has 22 nitrogen and oxygen atoms in total. The first-order chi connectivity index (χ1) is 32.3. The fourth-order valence-electron chi connectivity index (χ4n) is 7.60. The second-order valence-corrected chi connectivity index (χ2v) is 16.2. The second kappa shape index (κ2) is 26.9. The van der Waals surface area contributed by atoms with Crippen LogP contribution in [0.15, 0.2) is 92.0 Å². The Hall–Kier alpha value is -6.14. The maximum absolute atomic E-state index is 13.3. The number of nitrogens with zero attached hydrogens (tertiary/aromatic N) is 8. The average Bonchev–Trinajstić information content (AvgIpc) is 3.30. The largest absolute Gasteiger partial charge is 0.425 e. The highest BCUT2D eigenvalue weighted by molar-refractivity contribution is 5.76. The Bertz CT molecular complexity index is 2360. The molecule has 5 rings (SSSR count). The third kappa shape index (κ3) is 16.6. The lowest BCUT2D eigenvalue weighted by molar-refractivity contribution is -0.122. The topological polar surface area (TPSA) is 256 Å². The van der Waals surface area contributed by atoms with Crippen molar-refractivity contribution in [2.24, 2.45) is 0 Å². The molecule has 4 aromatic rings. The predicted molar refractivity (Wildman–Crippen MR) is 242 cm³/mol. The fourth-order valence-corrected chi connectivity index (χ4v) is 7.60. The maximum Gasteiger partial charge on any atom is 0.283 e. The lowest BCUT2D eigenvalue weighted by Crippen LogP contribution is -2.47.